The van der Waals surface area contributed by atoms with Crippen LogP contribution in [0.5, 0.6) is 17.2 Å². The topological polar surface area (TPSA) is 63.6 Å². The lowest BCUT2D eigenvalue weighted by molar-refractivity contribution is -0.176. The van der Waals surface area contributed by atoms with E-state index >= 15 is 0 Å². The Labute approximate surface area is 283 Å². The number of halogens is 17. The summed E-state index contributed by atoms with van der Waals surface area (Å²) in [5.41, 5.74) is -9.55. The van der Waals surface area contributed by atoms with Gasteiger partial charge in [-0.3, -0.25) is 9.59 Å². The van der Waals surface area contributed by atoms with E-state index in [1.54, 1.807) is 0 Å². The zero-order valence-corrected chi connectivity index (χ0v) is 25.0. The number of ether oxygens (including phenoxy) is 1. The molecule has 0 atom stereocenters. The van der Waals surface area contributed by atoms with Crippen LogP contribution >= 0.6 is 0 Å². The van der Waals surface area contributed by atoms with Crippen LogP contribution in [0.4, 0.5) is 74.6 Å². The van der Waals surface area contributed by atoms with Crippen LogP contribution < -0.4 is 4.74 Å². The van der Waals surface area contributed by atoms with E-state index in [2.05, 4.69) is 0 Å². The molecule has 0 spiro atoms. The maximum Gasteiger partial charge on any atom is 0.376 e. The molecular formula is C32H13F17O4. The summed E-state index contributed by atoms with van der Waals surface area (Å²) in [6, 6.07) is 5.28. The van der Waals surface area contributed by atoms with Gasteiger partial charge in [0.25, 0.3) is 12.9 Å². The quantitative estimate of drug-likeness (QED) is 0.209. The lowest BCUT2D eigenvalue weighted by atomic mass is 10.0. The van der Waals surface area contributed by atoms with Crippen LogP contribution in [-0.2, 0) is 11.8 Å². The lowest BCUT2D eigenvalue weighted by Crippen LogP contribution is -2.38. The molecule has 53 heavy (non-hydrogen) atoms. The zero-order chi connectivity index (χ0) is 40.2. The van der Waals surface area contributed by atoms with E-state index in [0.717, 1.165) is 12.1 Å². The minimum atomic E-state index is -5.21. The predicted octanol–water partition coefficient (Wildman–Crippen LogP) is 11.0. The fraction of sp³-hybridized carbons (Fsp3) is 0.188. The number of benzene rings is 4. The lowest BCUT2D eigenvalue weighted by Gasteiger charge is -2.17. The Morgan fingerprint density at radius 1 is 0.509 bits per heavy atom. The third kappa shape index (κ3) is 7.07. The van der Waals surface area contributed by atoms with Gasteiger partial charge in [-0.2, -0.15) is 35.1 Å². The van der Waals surface area contributed by atoms with Crippen molar-refractivity contribution in [2.45, 2.75) is 36.5 Å². The van der Waals surface area contributed by atoms with E-state index in [9.17, 15) is 84.2 Å². The Kier molecular flexibility index (Phi) is 10.6. The summed E-state index contributed by atoms with van der Waals surface area (Å²) < 4.78 is 227. The fourth-order valence-electron chi connectivity index (χ4n) is 4.92. The van der Waals surface area contributed by atoms with Gasteiger partial charge in [0.05, 0.1) is 11.1 Å². The van der Waals surface area contributed by atoms with Gasteiger partial charge in [0.2, 0.25) is 11.6 Å². The number of ketones is 2. The van der Waals surface area contributed by atoms with E-state index in [0.29, 0.717) is 36.4 Å². The number of alkyl halides is 12. The summed E-state index contributed by atoms with van der Waals surface area (Å²) in [6.07, 6.45) is -7.29. The molecule has 2 aliphatic rings. The summed E-state index contributed by atoms with van der Waals surface area (Å²) in [7, 11) is 0. The average Bonchev–Trinajstić information content (AvgIpc) is 3.24. The van der Waals surface area contributed by atoms with Gasteiger partial charge in [-0.15, -0.1) is 0 Å². The van der Waals surface area contributed by atoms with E-state index in [-0.39, 0.29) is 12.1 Å². The van der Waals surface area contributed by atoms with Gasteiger partial charge < -0.3 is 9.84 Å². The van der Waals surface area contributed by atoms with E-state index in [4.69, 9.17) is 9.84 Å². The molecular weight excluding hydrogens is 771 g/mol. The van der Waals surface area contributed by atoms with Crippen molar-refractivity contribution in [3.8, 4) is 17.2 Å². The smallest absolute Gasteiger partial charge is 0.376 e. The van der Waals surface area contributed by atoms with Crippen LogP contribution in [0.2, 0.25) is 0 Å². The van der Waals surface area contributed by atoms with Gasteiger partial charge in [0.1, 0.15) is 46.3 Å². The first-order valence-electron chi connectivity index (χ1n) is 13.7. The molecule has 4 aromatic carbocycles. The molecule has 284 valence electrons. The molecule has 0 fully saturated rings. The van der Waals surface area contributed by atoms with Crippen molar-refractivity contribution in [1.82, 2.24) is 0 Å². The zero-order valence-electron chi connectivity index (χ0n) is 25.0. The van der Waals surface area contributed by atoms with Crippen LogP contribution in [0, 0.1) is 29.1 Å². The van der Waals surface area contributed by atoms with Gasteiger partial charge in [-0.05, 0) is 24.3 Å². The first-order valence-corrected chi connectivity index (χ1v) is 13.7. The maximum absolute atomic E-state index is 13.7. The summed E-state index contributed by atoms with van der Waals surface area (Å²) in [5.74, 6) is -32.7. The first-order chi connectivity index (χ1) is 24.3. The van der Waals surface area contributed by atoms with Crippen LogP contribution in [0.25, 0.3) is 0 Å². The van der Waals surface area contributed by atoms with Crippen molar-refractivity contribution in [3.63, 3.8) is 0 Å². The molecule has 0 saturated heterocycles. The Morgan fingerprint density at radius 3 is 1.28 bits per heavy atom. The number of rotatable bonds is 4. The number of carbonyl (C=O) groups excluding carboxylic acids is 2. The van der Waals surface area contributed by atoms with Crippen LogP contribution in [0.3, 0.4) is 0 Å². The van der Waals surface area contributed by atoms with Gasteiger partial charge in [-0.25, -0.2) is 39.5 Å². The van der Waals surface area contributed by atoms with Crippen molar-refractivity contribution in [2.24, 2.45) is 0 Å². The Balaban J connectivity index is 0.000000200. The molecule has 0 aromatic heterocycles. The largest absolute Gasteiger partial charge is 0.508 e. The highest BCUT2D eigenvalue weighted by atomic mass is 19.3. The maximum atomic E-state index is 13.7. The molecule has 0 heterocycles. The highest BCUT2D eigenvalue weighted by molar-refractivity contribution is 6.09. The van der Waals surface area contributed by atoms with Crippen molar-refractivity contribution < 1.29 is 94.1 Å². The molecule has 1 N–H and O–H groups in total. The number of aromatic hydroxyl groups is 1. The van der Waals surface area contributed by atoms with Gasteiger partial charge in [0, 0.05) is 58.7 Å². The highest BCUT2D eigenvalue weighted by Crippen LogP contribution is 2.56. The number of fused-ring (bicyclic) bond motifs is 2. The molecule has 0 radical (unpaired) electrons. The second kappa shape index (κ2) is 13.9. The van der Waals surface area contributed by atoms with Gasteiger partial charge >= 0.3 is 23.7 Å². The van der Waals surface area contributed by atoms with Crippen molar-refractivity contribution in [1.29, 1.82) is 0 Å². The van der Waals surface area contributed by atoms with E-state index in [1.807, 2.05) is 0 Å². The number of carbonyl (C=O) groups is 2. The van der Waals surface area contributed by atoms with Crippen molar-refractivity contribution in [3.05, 3.63) is 123 Å². The summed E-state index contributed by atoms with van der Waals surface area (Å²) >= 11 is 0. The number of Topliss-reactive ketones (excluding diaryl/α,β-unsaturated/α-hetero) is 2. The Bertz CT molecular complexity index is 2030. The third-order valence-corrected chi connectivity index (χ3v) is 7.24. The van der Waals surface area contributed by atoms with Crippen molar-refractivity contribution >= 4 is 11.6 Å². The second-order valence-electron chi connectivity index (χ2n) is 10.7. The van der Waals surface area contributed by atoms with Crippen molar-refractivity contribution in [2.75, 3.05) is 0 Å². The second-order valence-corrected chi connectivity index (χ2v) is 10.7. The predicted molar refractivity (Wildman–Crippen MR) is 144 cm³/mol. The molecule has 0 unspecified atom stereocenters. The molecule has 4 nitrogen and oxygen atoms in total. The number of phenols is 1. The van der Waals surface area contributed by atoms with Crippen LogP contribution in [0.15, 0.2) is 60.7 Å². The molecule has 4 aromatic rings. The molecule has 2 aliphatic carbocycles. The van der Waals surface area contributed by atoms with Gasteiger partial charge in [0.15, 0.2) is 0 Å². The minimum absolute atomic E-state index is 0.211. The minimum Gasteiger partial charge on any atom is -0.508 e. The first kappa shape index (κ1) is 40.4. The van der Waals surface area contributed by atoms with Crippen LogP contribution in [0.1, 0.15) is 55.8 Å². The average molecular weight is 784 g/mol. The fourth-order valence-corrected chi connectivity index (χ4v) is 4.92. The monoisotopic (exact) mass is 784 g/mol. The van der Waals surface area contributed by atoms with Gasteiger partial charge in [-0.1, -0.05) is 0 Å². The third-order valence-electron chi connectivity index (χ3n) is 7.24. The molecule has 21 heteroatoms. The summed E-state index contributed by atoms with van der Waals surface area (Å²) in [5, 5.41) is 8.51. The molecule has 0 aliphatic heterocycles. The Morgan fingerprint density at radius 2 is 0.887 bits per heavy atom. The normalized spacial score (nSPS) is 17.1. The molecule has 6 rings (SSSR count). The summed E-state index contributed by atoms with van der Waals surface area (Å²) in [6.45, 7) is 0. The Hall–Kier alpha value is -5.37. The summed E-state index contributed by atoms with van der Waals surface area (Å²) in [4.78, 5) is 22.7. The SMILES string of the molecule is O=C1c2c(ccc(F)c2C(F)F)C(F)(F)C1(F)F.O=C1c2c(ccc(Oc3cc(F)cc(F)c3)c2C(F)F)C(F)(F)C1(F)F.Oc1cc(F)cc(F)c1. The molecule has 0 bridgehead atoms. The molecule has 0 amide bonds. The standard InChI is InChI=1S/C16H6F8O2.C10H3F7O.C6H4F2O/c17-6-3-7(18)5-8(4-6)26-10-2-1-9-11(12(10)14(19)20)13(25)16(23,24)15(9,21)22;11-4-2-1-3-5(6(4)8(12)13)7(18)10(16,17)9(3,14)15;7-4-1-5(8)3-6(9)2-4/h1-5,14H;1-2,8H;1-3,9H. The number of hydrogen-bond donors (Lipinski definition) is 1. The number of hydrogen-bond acceptors (Lipinski definition) is 4. The molecule has 0 saturated carbocycles. The van der Waals surface area contributed by atoms with E-state index in [1.165, 1.54) is 0 Å². The van der Waals surface area contributed by atoms with Crippen LogP contribution in [-0.4, -0.2) is 28.5 Å². The number of phenolic OH excluding ortho intramolecular Hbond substituents is 1. The highest BCUT2D eigenvalue weighted by Gasteiger charge is 2.71. The van der Waals surface area contributed by atoms with E-state index < -0.39 is 128 Å².